The van der Waals surface area contributed by atoms with Crippen LogP contribution in [0.1, 0.15) is 5.56 Å². The van der Waals surface area contributed by atoms with Crippen LogP contribution in [-0.4, -0.2) is 23.0 Å². The lowest BCUT2D eigenvalue weighted by Gasteiger charge is -2.16. The second-order valence-corrected chi connectivity index (χ2v) is 5.66. The largest absolute Gasteiger partial charge is 0.497 e. The summed E-state index contributed by atoms with van der Waals surface area (Å²) in [5.74, 6) is 1.10. The van der Waals surface area contributed by atoms with Crippen LogP contribution in [0, 0.1) is 0 Å². The Morgan fingerprint density at radius 2 is 1.96 bits per heavy atom. The molecule has 0 spiro atoms. The van der Waals surface area contributed by atoms with Crippen LogP contribution in [-0.2, 0) is 4.79 Å². The van der Waals surface area contributed by atoms with Gasteiger partial charge in [0.05, 0.1) is 7.11 Å². The fraction of sp³-hybridized carbons (Fsp3) is 0.0556. The van der Waals surface area contributed by atoms with Gasteiger partial charge in [0, 0.05) is 23.8 Å². The lowest BCUT2D eigenvalue weighted by atomic mass is 10.2. The zero-order valence-corrected chi connectivity index (χ0v) is 13.8. The Hall–Kier alpha value is -2.99. The van der Waals surface area contributed by atoms with Gasteiger partial charge in [-0.2, -0.15) is 0 Å². The predicted molar refractivity (Wildman–Crippen MR) is 95.5 cm³/mol. The van der Waals surface area contributed by atoms with E-state index in [2.05, 4.69) is 9.97 Å². The van der Waals surface area contributed by atoms with E-state index in [4.69, 9.17) is 4.74 Å². The highest BCUT2D eigenvalue weighted by Crippen LogP contribution is 2.26. The van der Waals surface area contributed by atoms with E-state index in [-0.39, 0.29) is 5.91 Å². The first-order valence-corrected chi connectivity index (χ1v) is 8.12. The summed E-state index contributed by atoms with van der Waals surface area (Å²) in [6.07, 6.45) is 6.58. The molecule has 24 heavy (non-hydrogen) atoms. The molecule has 2 aromatic heterocycles. The van der Waals surface area contributed by atoms with Gasteiger partial charge in [-0.1, -0.05) is 18.2 Å². The van der Waals surface area contributed by atoms with Gasteiger partial charge in [-0.3, -0.25) is 4.79 Å². The number of methoxy groups -OCH3 is 1. The molecule has 2 heterocycles. The summed E-state index contributed by atoms with van der Waals surface area (Å²) in [6, 6.07) is 12.9. The molecule has 0 bridgehead atoms. The minimum absolute atomic E-state index is 0.209. The number of hydrogen-bond acceptors (Lipinski definition) is 5. The minimum atomic E-state index is -0.209. The molecule has 3 aromatic rings. The number of amides is 1. The SMILES string of the molecule is COc1ccc(/C=C/C(=O)N(c2ccccn2)c2nccs2)cc1. The fourth-order valence-corrected chi connectivity index (χ4v) is 2.73. The molecule has 1 amide bonds. The van der Waals surface area contributed by atoms with Crippen LogP contribution >= 0.6 is 11.3 Å². The van der Waals surface area contributed by atoms with Crippen LogP contribution < -0.4 is 9.64 Å². The number of aromatic nitrogens is 2. The maximum Gasteiger partial charge on any atom is 0.258 e. The third-order valence-electron chi connectivity index (χ3n) is 3.24. The molecular formula is C18H15N3O2S. The highest BCUT2D eigenvalue weighted by atomic mass is 32.1. The van der Waals surface area contributed by atoms with Crippen LogP contribution in [0.4, 0.5) is 10.9 Å². The molecular weight excluding hydrogens is 322 g/mol. The van der Waals surface area contributed by atoms with Crippen LogP contribution in [0.5, 0.6) is 5.75 Å². The first-order chi connectivity index (χ1) is 11.8. The highest BCUT2D eigenvalue weighted by molar-refractivity contribution is 7.13. The maximum absolute atomic E-state index is 12.7. The minimum Gasteiger partial charge on any atom is -0.497 e. The highest BCUT2D eigenvalue weighted by Gasteiger charge is 2.18. The zero-order chi connectivity index (χ0) is 16.8. The molecule has 5 nitrogen and oxygen atoms in total. The Balaban J connectivity index is 1.85. The smallest absolute Gasteiger partial charge is 0.258 e. The third kappa shape index (κ3) is 3.67. The number of nitrogens with zero attached hydrogens (tertiary/aromatic N) is 3. The molecule has 6 heteroatoms. The molecule has 3 rings (SSSR count). The second-order valence-electron chi connectivity index (χ2n) is 4.78. The van der Waals surface area contributed by atoms with E-state index in [0.717, 1.165) is 11.3 Å². The molecule has 120 valence electrons. The van der Waals surface area contributed by atoms with Gasteiger partial charge in [-0.05, 0) is 35.9 Å². The van der Waals surface area contributed by atoms with Crippen molar-refractivity contribution in [3.63, 3.8) is 0 Å². The molecule has 0 saturated carbocycles. The molecule has 0 radical (unpaired) electrons. The van der Waals surface area contributed by atoms with E-state index in [1.807, 2.05) is 35.7 Å². The quantitative estimate of drug-likeness (QED) is 0.662. The van der Waals surface area contributed by atoms with Crippen molar-refractivity contribution in [1.29, 1.82) is 0 Å². The Morgan fingerprint density at radius 1 is 1.12 bits per heavy atom. The monoisotopic (exact) mass is 337 g/mol. The van der Waals surface area contributed by atoms with Gasteiger partial charge in [0.2, 0.25) is 0 Å². The lowest BCUT2D eigenvalue weighted by Crippen LogP contribution is -2.24. The molecule has 0 aliphatic heterocycles. The number of carbonyl (C=O) groups excluding carboxylic acids is 1. The first kappa shape index (κ1) is 15.9. The fourth-order valence-electron chi connectivity index (χ4n) is 2.07. The summed E-state index contributed by atoms with van der Waals surface area (Å²) in [7, 11) is 1.62. The van der Waals surface area contributed by atoms with Crippen molar-refractivity contribution in [3.8, 4) is 5.75 Å². The number of pyridine rings is 1. The topological polar surface area (TPSA) is 55.3 Å². The van der Waals surface area contributed by atoms with Gasteiger partial charge < -0.3 is 4.74 Å². The van der Waals surface area contributed by atoms with Crippen LogP contribution in [0.3, 0.4) is 0 Å². The Kier molecular flexibility index (Phi) is 4.98. The Bertz CT molecular complexity index is 815. The lowest BCUT2D eigenvalue weighted by molar-refractivity contribution is -0.113. The van der Waals surface area contributed by atoms with Crippen molar-refractivity contribution in [2.45, 2.75) is 0 Å². The normalized spacial score (nSPS) is 10.7. The van der Waals surface area contributed by atoms with Crippen LogP contribution in [0.15, 0.2) is 66.3 Å². The summed E-state index contributed by atoms with van der Waals surface area (Å²) >= 11 is 1.38. The average molecular weight is 337 g/mol. The van der Waals surface area contributed by atoms with Crippen molar-refractivity contribution >= 4 is 34.3 Å². The van der Waals surface area contributed by atoms with Gasteiger partial charge in [-0.25, -0.2) is 14.9 Å². The number of thiazole rings is 1. The molecule has 1 aromatic carbocycles. The van der Waals surface area contributed by atoms with E-state index < -0.39 is 0 Å². The van der Waals surface area contributed by atoms with Crippen molar-refractivity contribution in [1.82, 2.24) is 9.97 Å². The van der Waals surface area contributed by atoms with E-state index in [1.54, 1.807) is 37.7 Å². The standard InChI is InChI=1S/C18H15N3O2S/c1-23-15-8-5-14(6-9-15)7-10-17(22)21(18-20-12-13-24-18)16-4-2-3-11-19-16/h2-13H,1H3/b10-7+. The summed E-state index contributed by atoms with van der Waals surface area (Å²) < 4.78 is 5.13. The number of ether oxygens (including phenoxy) is 1. The summed E-state index contributed by atoms with van der Waals surface area (Å²) in [6.45, 7) is 0. The Morgan fingerprint density at radius 3 is 2.58 bits per heavy atom. The molecule has 0 N–H and O–H groups in total. The zero-order valence-electron chi connectivity index (χ0n) is 13.0. The van der Waals surface area contributed by atoms with Crippen molar-refractivity contribution in [2.24, 2.45) is 0 Å². The van der Waals surface area contributed by atoms with E-state index in [0.29, 0.717) is 10.9 Å². The number of hydrogen-bond donors (Lipinski definition) is 0. The van der Waals surface area contributed by atoms with E-state index >= 15 is 0 Å². The number of carbonyl (C=O) groups is 1. The van der Waals surface area contributed by atoms with Gasteiger partial charge in [0.15, 0.2) is 5.13 Å². The van der Waals surface area contributed by atoms with Crippen molar-refractivity contribution in [3.05, 3.63) is 71.9 Å². The number of rotatable bonds is 5. The summed E-state index contributed by atoms with van der Waals surface area (Å²) in [5.41, 5.74) is 0.907. The number of anilines is 2. The molecule has 0 saturated heterocycles. The third-order valence-corrected chi connectivity index (χ3v) is 4.00. The van der Waals surface area contributed by atoms with Gasteiger partial charge in [0.1, 0.15) is 11.6 Å². The molecule has 0 aliphatic rings. The second kappa shape index (κ2) is 7.52. The van der Waals surface area contributed by atoms with E-state index in [9.17, 15) is 4.79 Å². The van der Waals surface area contributed by atoms with Crippen LogP contribution in [0.2, 0.25) is 0 Å². The molecule has 0 atom stereocenters. The van der Waals surface area contributed by atoms with Crippen molar-refractivity contribution < 1.29 is 9.53 Å². The summed E-state index contributed by atoms with van der Waals surface area (Å²) in [4.78, 5) is 22.7. The maximum atomic E-state index is 12.7. The average Bonchev–Trinajstić information content (AvgIpc) is 3.15. The first-order valence-electron chi connectivity index (χ1n) is 7.24. The van der Waals surface area contributed by atoms with Crippen LogP contribution in [0.25, 0.3) is 6.08 Å². The van der Waals surface area contributed by atoms with Gasteiger partial charge >= 0.3 is 0 Å². The molecule has 0 unspecified atom stereocenters. The van der Waals surface area contributed by atoms with Crippen molar-refractivity contribution in [2.75, 3.05) is 12.0 Å². The van der Waals surface area contributed by atoms with Gasteiger partial charge in [0.25, 0.3) is 5.91 Å². The predicted octanol–water partition coefficient (Wildman–Crippen LogP) is 3.92. The Labute approximate surface area is 143 Å². The van der Waals surface area contributed by atoms with E-state index in [1.165, 1.54) is 22.3 Å². The number of benzene rings is 1. The van der Waals surface area contributed by atoms with Gasteiger partial charge in [-0.15, -0.1) is 11.3 Å². The summed E-state index contributed by atoms with van der Waals surface area (Å²) in [5, 5.41) is 2.41. The molecule has 0 aliphatic carbocycles. The molecule has 0 fully saturated rings.